The summed E-state index contributed by atoms with van der Waals surface area (Å²) in [5.41, 5.74) is 0.563. The second-order valence-electron chi connectivity index (χ2n) is 11.8. The molecule has 0 spiro atoms. The number of sulfonamides is 1. The monoisotopic (exact) mass is 645 g/mol. The molecular formula is C36H40FN3O5S. The number of benzene rings is 4. The third-order valence-electron chi connectivity index (χ3n) is 7.11. The van der Waals surface area contributed by atoms with Crippen LogP contribution in [0, 0.1) is 5.82 Å². The summed E-state index contributed by atoms with van der Waals surface area (Å²) < 4.78 is 49.8. The predicted molar refractivity (Wildman–Crippen MR) is 177 cm³/mol. The molecule has 0 bridgehead atoms. The summed E-state index contributed by atoms with van der Waals surface area (Å²) in [6.07, 6.45) is 0.122. The van der Waals surface area contributed by atoms with E-state index in [2.05, 4.69) is 5.32 Å². The fraction of sp³-hybridized carbons (Fsp3) is 0.278. The van der Waals surface area contributed by atoms with Crippen molar-refractivity contribution in [2.24, 2.45) is 0 Å². The number of rotatable bonds is 13. The Morgan fingerprint density at radius 1 is 0.848 bits per heavy atom. The van der Waals surface area contributed by atoms with Crippen LogP contribution in [-0.4, -0.2) is 49.9 Å². The molecule has 2 amide bonds. The minimum Gasteiger partial charge on any atom is -0.494 e. The average Bonchev–Trinajstić information content (AvgIpc) is 3.03. The van der Waals surface area contributed by atoms with Crippen LogP contribution in [0.25, 0.3) is 0 Å². The molecule has 4 aromatic carbocycles. The van der Waals surface area contributed by atoms with Crippen LogP contribution in [0.2, 0.25) is 0 Å². The fourth-order valence-corrected chi connectivity index (χ4v) is 6.38. The molecule has 1 N–H and O–H groups in total. The minimum atomic E-state index is -4.25. The van der Waals surface area contributed by atoms with E-state index in [1.807, 2.05) is 58.0 Å². The summed E-state index contributed by atoms with van der Waals surface area (Å²) in [5.74, 6) is -1.13. The van der Waals surface area contributed by atoms with Crippen LogP contribution in [0.4, 0.5) is 10.1 Å². The van der Waals surface area contributed by atoms with Crippen molar-refractivity contribution in [1.82, 2.24) is 10.2 Å². The Hall–Kier alpha value is -4.70. The van der Waals surface area contributed by atoms with Gasteiger partial charge in [-0.05, 0) is 75.7 Å². The summed E-state index contributed by atoms with van der Waals surface area (Å²) in [4.78, 5) is 29.7. The van der Waals surface area contributed by atoms with Crippen molar-refractivity contribution < 1.29 is 27.1 Å². The van der Waals surface area contributed by atoms with E-state index in [1.54, 1.807) is 60.7 Å². The SMILES string of the molecule is CCOc1ccc(N(CC(=O)N(Cc2ccccc2F)C(Cc2ccccc2)C(=O)NC(C)(C)C)S(=O)(=O)c2ccccc2)cc1. The van der Waals surface area contributed by atoms with Gasteiger partial charge in [-0.3, -0.25) is 13.9 Å². The largest absolute Gasteiger partial charge is 0.494 e. The van der Waals surface area contributed by atoms with Crippen LogP contribution in [0.15, 0.2) is 114 Å². The lowest BCUT2D eigenvalue weighted by atomic mass is 10.0. The first-order valence-corrected chi connectivity index (χ1v) is 16.5. The van der Waals surface area contributed by atoms with Gasteiger partial charge in [0.1, 0.15) is 24.2 Å². The topological polar surface area (TPSA) is 96.0 Å². The van der Waals surface area contributed by atoms with E-state index in [4.69, 9.17) is 4.74 Å². The molecule has 10 heteroatoms. The van der Waals surface area contributed by atoms with Crippen molar-refractivity contribution >= 4 is 27.5 Å². The number of amides is 2. The summed E-state index contributed by atoms with van der Waals surface area (Å²) in [7, 11) is -4.25. The number of hydrogen-bond acceptors (Lipinski definition) is 5. The van der Waals surface area contributed by atoms with E-state index >= 15 is 4.39 Å². The highest BCUT2D eigenvalue weighted by molar-refractivity contribution is 7.92. The standard InChI is InChI=1S/C36H40FN3O5S/c1-5-45-30-22-20-29(21-23-30)40(46(43,44)31-17-10-7-11-18-31)26-34(41)39(25-28-16-12-13-19-32(28)37)33(35(42)38-36(2,3)4)24-27-14-8-6-9-15-27/h6-23,33H,5,24-26H2,1-4H3,(H,38,42). The Balaban J connectivity index is 1.82. The normalized spacial score (nSPS) is 12.2. The van der Waals surface area contributed by atoms with Crippen LogP contribution in [0.3, 0.4) is 0 Å². The molecule has 4 rings (SSSR count). The van der Waals surface area contributed by atoms with Gasteiger partial charge in [-0.2, -0.15) is 0 Å². The zero-order valence-electron chi connectivity index (χ0n) is 26.5. The van der Waals surface area contributed by atoms with Gasteiger partial charge < -0.3 is 15.0 Å². The van der Waals surface area contributed by atoms with E-state index in [0.717, 1.165) is 9.87 Å². The molecule has 242 valence electrons. The van der Waals surface area contributed by atoms with Crippen molar-refractivity contribution in [2.75, 3.05) is 17.5 Å². The highest BCUT2D eigenvalue weighted by atomic mass is 32.2. The second kappa shape index (κ2) is 15.1. The zero-order chi connectivity index (χ0) is 33.3. The van der Waals surface area contributed by atoms with Gasteiger partial charge in [-0.15, -0.1) is 0 Å². The maximum absolute atomic E-state index is 15.1. The number of halogens is 1. The molecule has 0 aliphatic rings. The lowest BCUT2D eigenvalue weighted by molar-refractivity contribution is -0.140. The number of nitrogens with one attached hydrogen (secondary N) is 1. The average molecular weight is 646 g/mol. The van der Waals surface area contributed by atoms with Crippen LogP contribution in [0.5, 0.6) is 5.75 Å². The molecule has 1 atom stereocenters. The molecule has 0 saturated carbocycles. The van der Waals surface area contributed by atoms with E-state index < -0.39 is 45.8 Å². The first-order valence-electron chi connectivity index (χ1n) is 15.1. The van der Waals surface area contributed by atoms with E-state index in [0.29, 0.717) is 12.4 Å². The number of anilines is 1. The number of carbonyl (C=O) groups excluding carboxylic acids is 2. The molecule has 0 saturated heterocycles. The first-order chi connectivity index (χ1) is 21.9. The van der Waals surface area contributed by atoms with Crippen LogP contribution >= 0.6 is 0 Å². The quantitative estimate of drug-likeness (QED) is 0.193. The zero-order valence-corrected chi connectivity index (χ0v) is 27.3. The lowest BCUT2D eigenvalue weighted by Crippen LogP contribution is -2.56. The number of hydrogen-bond donors (Lipinski definition) is 1. The summed E-state index contributed by atoms with van der Waals surface area (Å²) in [5, 5.41) is 2.96. The van der Waals surface area contributed by atoms with Gasteiger partial charge in [0.05, 0.1) is 17.2 Å². The molecular weight excluding hydrogens is 605 g/mol. The van der Waals surface area contributed by atoms with Gasteiger partial charge in [0, 0.05) is 24.1 Å². The maximum atomic E-state index is 15.1. The Kier molecular flexibility index (Phi) is 11.2. The third kappa shape index (κ3) is 8.94. The smallest absolute Gasteiger partial charge is 0.264 e. The van der Waals surface area contributed by atoms with Crippen LogP contribution < -0.4 is 14.4 Å². The van der Waals surface area contributed by atoms with Crippen molar-refractivity contribution in [3.63, 3.8) is 0 Å². The van der Waals surface area contributed by atoms with Gasteiger partial charge in [-0.1, -0.05) is 66.7 Å². The second-order valence-corrected chi connectivity index (χ2v) is 13.7. The Bertz CT molecular complexity index is 1710. The fourth-order valence-electron chi connectivity index (χ4n) is 4.94. The van der Waals surface area contributed by atoms with E-state index in [1.165, 1.54) is 23.1 Å². The molecule has 0 heterocycles. The molecule has 46 heavy (non-hydrogen) atoms. The molecule has 0 aromatic heterocycles. The van der Waals surface area contributed by atoms with Gasteiger partial charge in [-0.25, -0.2) is 12.8 Å². The van der Waals surface area contributed by atoms with Gasteiger partial charge >= 0.3 is 0 Å². The molecule has 0 fully saturated rings. The van der Waals surface area contributed by atoms with Crippen LogP contribution in [0.1, 0.15) is 38.8 Å². The minimum absolute atomic E-state index is 0.0105. The Labute approximate surface area is 270 Å². The number of ether oxygens (including phenoxy) is 1. The Morgan fingerprint density at radius 2 is 1.43 bits per heavy atom. The maximum Gasteiger partial charge on any atom is 0.264 e. The first kappa shape index (κ1) is 34.2. The third-order valence-corrected chi connectivity index (χ3v) is 8.90. The van der Waals surface area contributed by atoms with E-state index in [-0.39, 0.29) is 29.1 Å². The summed E-state index contributed by atoms with van der Waals surface area (Å²) in [6.45, 7) is 6.84. The van der Waals surface area contributed by atoms with Gasteiger partial charge in [0.15, 0.2) is 0 Å². The Morgan fingerprint density at radius 3 is 2.02 bits per heavy atom. The van der Waals surface area contributed by atoms with Crippen LogP contribution in [-0.2, 0) is 32.6 Å². The highest BCUT2D eigenvalue weighted by Crippen LogP contribution is 2.27. The van der Waals surface area contributed by atoms with Crippen molar-refractivity contribution in [3.05, 3.63) is 126 Å². The molecule has 0 aliphatic carbocycles. The molecule has 0 aliphatic heterocycles. The van der Waals surface area contributed by atoms with Crippen molar-refractivity contribution in [1.29, 1.82) is 0 Å². The number of nitrogens with zero attached hydrogens (tertiary/aromatic N) is 2. The van der Waals surface area contributed by atoms with Gasteiger partial charge in [0.2, 0.25) is 11.8 Å². The highest BCUT2D eigenvalue weighted by Gasteiger charge is 2.36. The predicted octanol–water partition coefficient (Wildman–Crippen LogP) is 5.97. The van der Waals surface area contributed by atoms with Crippen molar-refractivity contribution in [3.8, 4) is 5.75 Å². The molecule has 1 unspecified atom stereocenters. The van der Waals surface area contributed by atoms with Crippen molar-refractivity contribution in [2.45, 2.75) is 57.1 Å². The molecule has 4 aromatic rings. The number of carbonyl (C=O) groups is 2. The lowest BCUT2D eigenvalue weighted by Gasteiger charge is -2.35. The molecule has 8 nitrogen and oxygen atoms in total. The summed E-state index contributed by atoms with van der Waals surface area (Å²) >= 11 is 0. The van der Waals surface area contributed by atoms with Gasteiger partial charge in [0.25, 0.3) is 10.0 Å². The molecule has 0 radical (unpaired) electrons. The van der Waals surface area contributed by atoms with E-state index in [9.17, 15) is 18.0 Å². The summed E-state index contributed by atoms with van der Waals surface area (Å²) in [6, 6.07) is 28.3.